The fourth-order valence-corrected chi connectivity index (χ4v) is 1.04. The number of carbonyl (C=O) groups excluding carboxylic acids is 1. The van der Waals surface area contributed by atoms with Gasteiger partial charge in [-0.1, -0.05) is 0 Å². The molecular formula is C9H16N4O2. The van der Waals surface area contributed by atoms with Gasteiger partial charge in [0, 0.05) is 32.9 Å². The van der Waals surface area contributed by atoms with Gasteiger partial charge in [-0.15, -0.1) is 0 Å². The SMILES string of the molecule is COCCNCCNC(=O)c1ccn[nH]1. The summed E-state index contributed by atoms with van der Waals surface area (Å²) in [7, 11) is 1.65. The lowest BCUT2D eigenvalue weighted by Crippen LogP contribution is -2.33. The number of carbonyl (C=O) groups is 1. The van der Waals surface area contributed by atoms with E-state index in [0.717, 1.165) is 13.1 Å². The second kappa shape index (κ2) is 6.97. The number of H-pyrrole nitrogens is 1. The lowest BCUT2D eigenvalue weighted by Gasteiger charge is -2.05. The van der Waals surface area contributed by atoms with Gasteiger partial charge >= 0.3 is 0 Å². The predicted molar refractivity (Wildman–Crippen MR) is 55.7 cm³/mol. The zero-order valence-electron chi connectivity index (χ0n) is 8.75. The average molecular weight is 212 g/mol. The number of nitrogens with one attached hydrogen (secondary N) is 3. The van der Waals surface area contributed by atoms with E-state index in [1.807, 2.05) is 0 Å². The van der Waals surface area contributed by atoms with Crippen molar-refractivity contribution in [3.8, 4) is 0 Å². The first-order valence-electron chi connectivity index (χ1n) is 4.82. The Balaban J connectivity index is 2.03. The van der Waals surface area contributed by atoms with E-state index in [1.54, 1.807) is 19.4 Å². The van der Waals surface area contributed by atoms with Gasteiger partial charge in [0.25, 0.3) is 5.91 Å². The van der Waals surface area contributed by atoms with Crippen LogP contribution < -0.4 is 10.6 Å². The van der Waals surface area contributed by atoms with Gasteiger partial charge in [0.05, 0.1) is 6.61 Å². The predicted octanol–water partition coefficient (Wildman–Crippen LogP) is -0.624. The van der Waals surface area contributed by atoms with Crippen molar-refractivity contribution >= 4 is 5.91 Å². The van der Waals surface area contributed by atoms with Crippen LogP contribution in [0, 0.1) is 0 Å². The summed E-state index contributed by atoms with van der Waals surface area (Å²) in [6.07, 6.45) is 1.55. The zero-order chi connectivity index (χ0) is 10.9. The van der Waals surface area contributed by atoms with Crippen LogP contribution in [0.2, 0.25) is 0 Å². The largest absolute Gasteiger partial charge is 0.383 e. The molecule has 0 fully saturated rings. The first-order chi connectivity index (χ1) is 7.34. The summed E-state index contributed by atoms with van der Waals surface area (Å²) in [5.74, 6) is -0.138. The van der Waals surface area contributed by atoms with Crippen LogP contribution in [0.1, 0.15) is 10.5 Å². The average Bonchev–Trinajstić information content (AvgIpc) is 2.76. The maximum atomic E-state index is 11.4. The Morgan fingerprint density at radius 2 is 2.40 bits per heavy atom. The first kappa shape index (κ1) is 11.7. The van der Waals surface area contributed by atoms with Crippen LogP contribution in [0.3, 0.4) is 0 Å². The van der Waals surface area contributed by atoms with E-state index in [0.29, 0.717) is 18.8 Å². The van der Waals surface area contributed by atoms with Crippen LogP contribution in [0.5, 0.6) is 0 Å². The van der Waals surface area contributed by atoms with Crippen LogP contribution in [-0.4, -0.2) is 49.5 Å². The number of aromatic nitrogens is 2. The lowest BCUT2D eigenvalue weighted by atomic mass is 10.4. The second-order valence-corrected chi connectivity index (χ2v) is 2.97. The van der Waals surface area contributed by atoms with Crippen LogP contribution in [0.4, 0.5) is 0 Å². The molecule has 1 aromatic heterocycles. The minimum Gasteiger partial charge on any atom is -0.383 e. The van der Waals surface area contributed by atoms with E-state index in [-0.39, 0.29) is 5.91 Å². The summed E-state index contributed by atoms with van der Waals surface area (Å²) in [6, 6.07) is 1.63. The van der Waals surface area contributed by atoms with E-state index in [4.69, 9.17) is 4.74 Å². The number of aromatic amines is 1. The molecule has 3 N–H and O–H groups in total. The van der Waals surface area contributed by atoms with Crippen molar-refractivity contribution in [2.45, 2.75) is 0 Å². The molecule has 15 heavy (non-hydrogen) atoms. The Morgan fingerprint density at radius 1 is 1.53 bits per heavy atom. The topological polar surface area (TPSA) is 79.0 Å². The number of nitrogens with zero attached hydrogens (tertiary/aromatic N) is 1. The number of hydrogen-bond acceptors (Lipinski definition) is 4. The van der Waals surface area contributed by atoms with Gasteiger partial charge in [0.2, 0.25) is 0 Å². The third-order valence-corrected chi connectivity index (χ3v) is 1.82. The summed E-state index contributed by atoms with van der Waals surface area (Å²) in [6.45, 7) is 2.77. The minimum absolute atomic E-state index is 0.138. The number of methoxy groups -OCH3 is 1. The summed E-state index contributed by atoms with van der Waals surface area (Å²) in [5.41, 5.74) is 0.479. The number of rotatable bonds is 7. The van der Waals surface area contributed by atoms with Gasteiger partial charge in [-0.3, -0.25) is 9.89 Å². The molecule has 0 spiro atoms. The van der Waals surface area contributed by atoms with Gasteiger partial charge < -0.3 is 15.4 Å². The fourth-order valence-electron chi connectivity index (χ4n) is 1.04. The van der Waals surface area contributed by atoms with E-state index in [9.17, 15) is 4.79 Å². The van der Waals surface area contributed by atoms with E-state index in [1.165, 1.54) is 0 Å². The second-order valence-electron chi connectivity index (χ2n) is 2.97. The summed E-state index contributed by atoms with van der Waals surface area (Å²) in [4.78, 5) is 11.4. The molecule has 1 rings (SSSR count). The Morgan fingerprint density at radius 3 is 3.07 bits per heavy atom. The molecule has 1 aromatic rings. The van der Waals surface area contributed by atoms with Crippen molar-refractivity contribution in [3.05, 3.63) is 18.0 Å². The minimum atomic E-state index is -0.138. The van der Waals surface area contributed by atoms with Crippen LogP contribution in [0.25, 0.3) is 0 Å². The summed E-state index contributed by atoms with van der Waals surface area (Å²) < 4.78 is 4.87. The van der Waals surface area contributed by atoms with Crippen LogP contribution in [0.15, 0.2) is 12.3 Å². The number of hydrogen-bond donors (Lipinski definition) is 3. The molecule has 0 saturated heterocycles. The molecule has 0 aliphatic rings. The van der Waals surface area contributed by atoms with Gasteiger partial charge in [0.1, 0.15) is 5.69 Å². The molecule has 0 aliphatic heterocycles. The molecule has 0 radical (unpaired) electrons. The molecule has 0 aromatic carbocycles. The molecular weight excluding hydrogens is 196 g/mol. The van der Waals surface area contributed by atoms with Gasteiger partial charge in [-0.05, 0) is 6.07 Å². The van der Waals surface area contributed by atoms with Crippen molar-refractivity contribution < 1.29 is 9.53 Å². The molecule has 0 saturated carbocycles. The maximum Gasteiger partial charge on any atom is 0.269 e. The smallest absolute Gasteiger partial charge is 0.269 e. The monoisotopic (exact) mass is 212 g/mol. The highest BCUT2D eigenvalue weighted by Crippen LogP contribution is 1.89. The molecule has 6 heteroatoms. The molecule has 0 aliphatic carbocycles. The standard InChI is InChI=1S/C9H16N4O2/c1-15-7-6-10-4-5-11-9(14)8-2-3-12-13-8/h2-3,10H,4-7H2,1H3,(H,11,14)(H,12,13). The van der Waals surface area contributed by atoms with E-state index < -0.39 is 0 Å². The fraction of sp³-hybridized carbons (Fsp3) is 0.556. The molecule has 0 atom stereocenters. The van der Waals surface area contributed by atoms with Crippen molar-refractivity contribution in [2.24, 2.45) is 0 Å². The Hall–Kier alpha value is -1.40. The molecule has 0 unspecified atom stereocenters. The highest BCUT2D eigenvalue weighted by atomic mass is 16.5. The highest BCUT2D eigenvalue weighted by Gasteiger charge is 2.04. The quantitative estimate of drug-likeness (QED) is 0.526. The van der Waals surface area contributed by atoms with Crippen molar-refractivity contribution in [1.82, 2.24) is 20.8 Å². The van der Waals surface area contributed by atoms with Gasteiger partial charge in [0.15, 0.2) is 0 Å². The van der Waals surface area contributed by atoms with E-state index >= 15 is 0 Å². The molecule has 6 nitrogen and oxygen atoms in total. The highest BCUT2D eigenvalue weighted by molar-refractivity contribution is 5.92. The van der Waals surface area contributed by atoms with Crippen LogP contribution in [-0.2, 0) is 4.74 Å². The molecule has 0 bridgehead atoms. The number of ether oxygens (including phenoxy) is 1. The van der Waals surface area contributed by atoms with Crippen LogP contribution >= 0.6 is 0 Å². The maximum absolute atomic E-state index is 11.4. The van der Waals surface area contributed by atoms with Crippen molar-refractivity contribution in [3.63, 3.8) is 0 Å². The Bertz CT molecular complexity index is 274. The summed E-state index contributed by atoms with van der Waals surface area (Å²) in [5, 5.41) is 12.2. The molecule has 1 heterocycles. The zero-order valence-corrected chi connectivity index (χ0v) is 8.75. The third kappa shape index (κ3) is 4.57. The van der Waals surface area contributed by atoms with Crippen molar-refractivity contribution in [1.29, 1.82) is 0 Å². The molecule has 84 valence electrons. The Labute approximate surface area is 88.4 Å². The lowest BCUT2D eigenvalue weighted by molar-refractivity contribution is 0.0948. The normalized spacial score (nSPS) is 10.2. The third-order valence-electron chi connectivity index (χ3n) is 1.82. The van der Waals surface area contributed by atoms with Gasteiger partial charge in [-0.2, -0.15) is 5.10 Å². The molecule has 1 amide bonds. The number of amides is 1. The van der Waals surface area contributed by atoms with Gasteiger partial charge in [-0.25, -0.2) is 0 Å². The van der Waals surface area contributed by atoms with E-state index in [2.05, 4.69) is 20.8 Å². The van der Waals surface area contributed by atoms with Crippen molar-refractivity contribution in [2.75, 3.05) is 33.4 Å². The Kier molecular flexibility index (Phi) is 5.42. The summed E-state index contributed by atoms with van der Waals surface area (Å²) >= 11 is 0. The first-order valence-corrected chi connectivity index (χ1v) is 4.82.